The molecule has 0 unspecified atom stereocenters. The van der Waals surface area contributed by atoms with Crippen LogP contribution in [0.5, 0.6) is 5.75 Å². The first-order valence-electron chi connectivity index (χ1n) is 10.2. The van der Waals surface area contributed by atoms with Gasteiger partial charge in [0.1, 0.15) is 5.75 Å². The second-order valence-corrected chi connectivity index (χ2v) is 8.70. The van der Waals surface area contributed by atoms with Gasteiger partial charge in [-0.15, -0.1) is 0 Å². The molecule has 0 radical (unpaired) electrons. The van der Waals surface area contributed by atoms with E-state index in [2.05, 4.69) is 111 Å². The van der Waals surface area contributed by atoms with E-state index in [0.29, 0.717) is 0 Å². The first kappa shape index (κ1) is 16.7. The number of benzene rings is 4. The predicted octanol–water partition coefficient (Wildman–Crippen LogP) is 6.52. The van der Waals surface area contributed by atoms with E-state index in [9.17, 15) is 0 Å². The third-order valence-electron chi connectivity index (χ3n) is 6.96. The molecule has 1 spiro atoms. The van der Waals surface area contributed by atoms with Gasteiger partial charge in [0.2, 0.25) is 5.72 Å². The van der Waals surface area contributed by atoms with Crippen LogP contribution >= 0.6 is 0 Å². The average molecular weight is 377 g/mol. The maximum atomic E-state index is 6.89. The zero-order valence-corrected chi connectivity index (χ0v) is 16.9. The van der Waals surface area contributed by atoms with Crippen molar-refractivity contribution in [3.8, 4) is 5.75 Å². The van der Waals surface area contributed by atoms with Crippen LogP contribution in [0.2, 0.25) is 0 Å². The predicted molar refractivity (Wildman–Crippen MR) is 122 cm³/mol. The average Bonchev–Trinajstić information content (AvgIpc) is 2.92. The molecule has 2 nitrogen and oxygen atoms in total. The second kappa shape index (κ2) is 5.42. The Kier molecular flexibility index (Phi) is 3.11. The van der Waals surface area contributed by atoms with Crippen molar-refractivity contribution in [2.24, 2.45) is 0 Å². The van der Waals surface area contributed by atoms with Crippen LogP contribution in [0.15, 0.2) is 78.9 Å². The minimum absolute atomic E-state index is 0.224. The summed E-state index contributed by atoms with van der Waals surface area (Å²) in [6.07, 6.45) is 4.52. The molecular weight excluding hydrogens is 354 g/mol. The fourth-order valence-electron chi connectivity index (χ4n) is 5.42. The molecule has 4 aromatic carbocycles. The quantitative estimate of drug-likeness (QED) is 0.346. The molecule has 0 saturated heterocycles. The van der Waals surface area contributed by atoms with Crippen molar-refractivity contribution in [3.63, 3.8) is 0 Å². The van der Waals surface area contributed by atoms with Gasteiger partial charge in [-0.05, 0) is 65.2 Å². The van der Waals surface area contributed by atoms with E-state index in [1.54, 1.807) is 0 Å². The van der Waals surface area contributed by atoms with E-state index in [1.165, 1.54) is 38.4 Å². The van der Waals surface area contributed by atoms with E-state index >= 15 is 0 Å². The SMILES string of the molecule is CN1c2ccc3ccccc3c2C(C)(C)[C@@]12C=Cc1c(ccc3ccccc13)O2. The first-order valence-corrected chi connectivity index (χ1v) is 10.2. The zero-order valence-electron chi connectivity index (χ0n) is 16.9. The van der Waals surface area contributed by atoms with Gasteiger partial charge in [-0.25, -0.2) is 0 Å². The molecule has 0 N–H and O–H groups in total. The van der Waals surface area contributed by atoms with E-state index in [4.69, 9.17) is 4.74 Å². The summed E-state index contributed by atoms with van der Waals surface area (Å²) >= 11 is 0. The van der Waals surface area contributed by atoms with Crippen LogP contribution in [0.1, 0.15) is 25.0 Å². The Morgan fingerprint density at radius 3 is 2.21 bits per heavy atom. The molecule has 0 bridgehead atoms. The summed E-state index contributed by atoms with van der Waals surface area (Å²) in [4.78, 5) is 2.31. The molecule has 142 valence electrons. The number of fused-ring (bicyclic) bond motifs is 6. The van der Waals surface area contributed by atoms with E-state index in [1.807, 2.05) is 0 Å². The lowest BCUT2D eigenvalue weighted by molar-refractivity contribution is 0.0588. The molecule has 2 heteroatoms. The molecular formula is C27H23NO. The fourth-order valence-corrected chi connectivity index (χ4v) is 5.42. The molecule has 0 saturated carbocycles. The summed E-state index contributed by atoms with van der Waals surface area (Å²) in [5.41, 5.74) is 2.97. The number of rotatable bonds is 0. The highest BCUT2D eigenvalue weighted by Crippen LogP contribution is 2.56. The Morgan fingerprint density at radius 2 is 1.41 bits per heavy atom. The highest BCUT2D eigenvalue weighted by atomic mass is 16.5. The van der Waals surface area contributed by atoms with Crippen molar-refractivity contribution < 1.29 is 4.74 Å². The zero-order chi connectivity index (χ0) is 19.8. The summed E-state index contributed by atoms with van der Waals surface area (Å²) in [5.74, 6) is 0.947. The maximum Gasteiger partial charge on any atom is 0.211 e. The van der Waals surface area contributed by atoms with Gasteiger partial charge in [0.05, 0.1) is 5.41 Å². The molecule has 0 amide bonds. The van der Waals surface area contributed by atoms with Crippen LogP contribution in [0.4, 0.5) is 5.69 Å². The lowest BCUT2D eigenvalue weighted by Crippen LogP contribution is -2.58. The maximum absolute atomic E-state index is 6.89. The second-order valence-electron chi connectivity index (χ2n) is 8.70. The highest BCUT2D eigenvalue weighted by molar-refractivity contribution is 5.96. The van der Waals surface area contributed by atoms with Crippen molar-refractivity contribution in [1.29, 1.82) is 0 Å². The monoisotopic (exact) mass is 377 g/mol. The van der Waals surface area contributed by atoms with Gasteiger partial charge in [0, 0.05) is 18.3 Å². The Labute approximate surface area is 171 Å². The smallest absolute Gasteiger partial charge is 0.211 e. The van der Waals surface area contributed by atoms with Gasteiger partial charge in [0.25, 0.3) is 0 Å². The molecule has 2 aliphatic rings. The molecule has 1 atom stereocenters. The Bertz CT molecular complexity index is 1330. The van der Waals surface area contributed by atoms with Crippen LogP contribution < -0.4 is 9.64 Å². The van der Waals surface area contributed by atoms with Crippen LogP contribution in [0.3, 0.4) is 0 Å². The molecule has 29 heavy (non-hydrogen) atoms. The minimum atomic E-state index is -0.561. The van der Waals surface area contributed by atoms with Crippen LogP contribution in [0.25, 0.3) is 27.6 Å². The van der Waals surface area contributed by atoms with Crippen molar-refractivity contribution in [2.75, 3.05) is 11.9 Å². The third-order valence-corrected chi connectivity index (χ3v) is 6.96. The van der Waals surface area contributed by atoms with E-state index < -0.39 is 5.72 Å². The van der Waals surface area contributed by atoms with Gasteiger partial charge >= 0.3 is 0 Å². The number of ether oxygens (including phenoxy) is 1. The highest BCUT2D eigenvalue weighted by Gasteiger charge is 2.58. The van der Waals surface area contributed by atoms with Crippen LogP contribution in [-0.2, 0) is 5.41 Å². The van der Waals surface area contributed by atoms with Crippen molar-refractivity contribution in [3.05, 3.63) is 90.0 Å². The minimum Gasteiger partial charge on any atom is -0.463 e. The van der Waals surface area contributed by atoms with Gasteiger partial charge in [-0.1, -0.05) is 60.7 Å². The van der Waals surface area contributed by atoms with Crippen molar-refractivity contribution >= 4 is 33.3 Å². The molecule has 2 heterocycles. The number of nitrogens with zero attached hydrogens (tertiary/aromatic N) is 1. The number of hydrogen-bond donors (Lipinski definition) is 0. The van der Waals surface area contributed by atoms with Crippen LogP contribution in [0, 0.1) is 0 Å². The standard InChI is InChI=1S/C27H23NO/c1-26(2)25-21-11-7-5-9-19(21)12-14-23(25)28(3)27(26)17-16-22-20-10-6-4-8-18(20)13-15-24(22)29-27/h4-17H,1-3H3/t27-/m0/s1. The van der Waals surface area contributed by atoms with Crippen molar-refractivity contribution in [2.45, 2.75) is 25.0 Å². The number of likely N-dealkylation sites (N-methyl/N-ethyl adjacent to an activating group) is 1. The number of hydrogen-bond acceptors (Lipinski definition) is 2. The van der Waals surface area contributed by atoms with Gasteiger partial charge in [0.15, 0.2) is 0 Å². The third kappa shape index (κ3) is 1.96. The molecule has 0 aliphatic carbocycles. The normalized spacial score (nSPS) is 21.4. The Hall–Kier alpha value is -3.26. The lowest BCUT2D eigenvalue weighted by Gasteiger charge is -2.46. The largest absolute Gasteiger partial charge is 0.463 e. The van der Waals surface area contributed by atoms with E-state index in [0.717, 1.165) is 5.75 Å². The molecule has 0 fully saturated rings. The fraction of sp³-hybridized carbons (Fsp3) is 0.185. The lowest BCUT2D eigenvalue weighted by atomic mass is 9.74. The Balaban J connectivity index is 1.59. The van der Waals surface area contributed by atoms with Gasteiger partial charge in [-0.3, -0.25) is 0 Å². The summed E-state index contributed by atoms with van der Waals surface area (Å²) in [6.45, 7) is 4.61. The molecule has 2 aliphatic heterocycles. The summed E-state index contributed by atoms with van der Waals surface area (Å²) in [7, 11) is 2.15. The molecule has 6 rings (SSSR count). The topological polar surface area (TPSA) is 12.5 Å². The molecule has 4 aromatic rings. The van der Waals surface area contributed by atoms with Crippen LogP contribution in [-0.4, -0.2) is 12.8 Å². The Morgan fingerprint density at radius 1 is 0.759 bits per heavy atom. The van der Waals surface area contributed by atoms with E-state index in [-0.39, 0.29) is 5.41 Å². The summed E-state index contributed by atoms with van der Waals surface area (Å²) < 4.78 is 6.89. The summed E-state index contributed by atoms with van der Waals surface area (Å²) in [6, 6.07) is 25.9. The number of anilines is 1. The first-order chi connectivity index (χ1) is 14.0. The van der Waals surface area contributed by atoms with Gasteiger partial charge < -0.3 is 9.64 Å². The van der Waals surface area contributed by atoms with Gasteiger partial charge in [-0.2, -0.15) is 0 Å². The molecule has 0 aromatic heterocycles. The van der Waals surface area contributed by atoms with Crippen molar-refractivity contribution in [1.82, 2.24) is 0 Å². The summed E-state index contributed by atoms with van der Waals surface area (Å²) in [5, 5.41) is 5.05.